The molecule has 0 spiro atoms. The molecule has 0 aliphatic heterocycles. The second-order valence-corrected chi connectivity index (χ2v) is 10.6. The Bertz CT molecular complexity index is 1650. The van der Waals surface area contributed by atoms with Crippen LogP contribution in [0.25, 0.3) is 39.3 Å². The molecule has 0 fully saturated rings. The lowest BCUT2D eigenvalue weighted by molar-refractivity contribution is 0.0503. The maximum Gasteiger partial charge on any atom is 0.408 e. The van der Waals surface area contributed by atoms with E-state index in [9.17, 15) is 4.79 Å². The number of methoxy groups -OCH3 is 1. The highest BCUT2D eigenvalue weighted by Crippen LogP contribution is 2.39. The van der Waals surface area contributed by atoms with Gasteiger partial charge in [-0.25, -0.2) is 14.3 Å². The number of aromatic amines is 1. The molecule has 0 bridgehead atoms. The summed E-state index contributed by atoms with van der Waals surface area (Å²) in [7, 11) is 1.61. The van der Waals surface area contributed by atoms with Gasteiger partial charge in [-0.3, -0.25) is 5.10 Å². The highest BCUT2D eigenvalue weighted by Gasteiger charge is 2.28. The molecule has 1 aliphatic carbocycles. The molecule has 6 rings (SSSR count). The van der Waals surface area contributed by atoms with Crippen LogP contribution in [0.4, 0.5) is 4.79 Å². The molecule has 1 amide bonds. The van der Waals surface area contributed by atoms with Crippen LogP contribution in [-0.2, 0) is 11.2 Å². The smallest absolute Gasteiger partial charge is 0.408 e. The van der Waals surface area contributed by atoms with Crippen LogP contribution in [0.15, 0.2) is 67.0 Å². The van der Waals surface area contributed by atoms with E-state index in [0.717, 1.165) is 52.0 Å². The van der Waals surface area contributed by atoms with Crippen molar-refractivity contribution < 1.29 is 14.3 Å². The summed E-state index contributed by atoms with van der Waals surface area (Å²) in [6.45, 7) is 5.59. The first-order valence-electron chi connectivity index (χ1n) is 13.0. The van der Waals surface area contributed by atoms with E-state index in [2.05, 4.69) is 45.8 Å². The molecule has 0 radical (unpaired) electrons. The van der Waals surface area contributed by atoms with E-state index in [1.54, 1.807) is 13.3 Å². The van der Waals surface area contributed by atoms with Crippen LogP contribution >= 0.6 is 0 Å². The zero-order valence-electron chi connectivity index (χ0n) is 22.4. The van der Waals surface area contributed by atoms with Gasteiger partial charge in [-0.2, -0.15) is 5.10 Å². The number of rotatable bonds is 5. The number of alkyl carbamates (subject to hydrolysis) is 1. The number of carbonyl (C=O) groups is 1. The van der Waals surface area contributed by atoms with Gasteiger partial charge in [-0.15, -0.1) is 5.10 Å². The Morgan fingerprint density at radius 2 is 1.90 bits per heavy atom. The third-order valence-corrected chi connectivity index (χ3v) is 6.81. The van der Waals surface area contributed by atoms with E-state index in [1.807, 2.05) is 55.7 Å². The number of aryl methyl sites for hydroxylation is 1. The standard InChI is InChI=1S/C30H30N6O3/c1-30(2,3)39-29(37)33-24-13-11-19-14-20(10-12-22(19)24)26-27(18-8-6-5-7-9-18)36-28(34-26)23(15-25(35-36)38-4)21-16-31-32-17-21/h5-10,12,14-17,24H,11,13H2,1-4H3,(H,31,32)(H,33,37)/t24-/m0/s1. The number of hydrogen-bond acceptors (Lipinski definition) is 6. The summed E-state index contributed by atoms with van der Waals surface area (Å²) < 4.78 is 12.9. The van der Waals surface area contributed by atoms with Gasteiger partial charge in [0, 0.05) is 34.5 Å². The Balaban J connectivity index is 1.47. The first kappa shape index (κ1) is 24.7. The molecule has 9 nitrogen and oxygen atoms in total. The van der Waals surface area contributed by atoms with Crippen LogP contribution in [0.2, 0.25) is 0 Å². The molecule has 5 aromatic rings. The monoisotopic (exact) mass is 522 g/mol. The molecule has 2 N–H and O–H groups in total. The SMILES string of the molecule is COc1cc(-c2cn[nH]c2)c2nc(-c3ccc4c(c3)CC[C@@H]4NC(=O)OC(C)(C)C)c(-c3ccccc3)n2n1. The second-order valence-electron chi connectivity index (χ2n) is 10.6. The van der Waals surface area contributed by atoms with Crippen LogP contribution < -0.4 is 10.1 Å². The fourth-order valence-electron chi connectivity index (χ4n) is 5.13. The van der Waals surface area contributed by atoms with E-state index >= 15 is 0 Å². The number of imidazole rings is 1. The lowest BCUT2D eigenvalue weighted by Gasteiger charge is -2.22. The van der Waals surface area contributed by atoms with E-state index in [0.29, 0.717) is 11.5 Å². The highest BCUT2D eigenvalue weighted by atomic mass is 16.6. The molecule has 3 aromatic heterocycles. The Morgan fingerprint density at radius 3 is 2.62 bits per heavy atom. The molecule has 0 unspecified atom stereocenters. The summed E-state index contributed by atoms with van der Waals surface area (Å²) in [5.74, 6) is 0.477. The number of fused-ring (bicyclic) bond motifs is 2. The average Bonchev–Trinajstić information content (AvgIpc) is 3.66. The molecule has 2 aromatic carbocycles. The number of benzene rings is 2. The molecule has 198 valence electrons. The number of nitrogens with zero attached hydrogens (tertiary/aromatic N) is 4. The van der Waals surface area contributed by atoms with Crippen molar-refractivity contribution in [1.82, 2.24) is 30.1 Å². The van der Waals surface area contributed by atoms with Crippen molar-refractivity contribution >= 4 is 11.7 Å². The normalized spacial score (nSPS) is 14.8. The van der Waals surface area contributed by atoms with Crippen LogP contribution in [0, 0.1) is 0 Å². The van der Waals surface area contributed by atoms with Crippen LogP contribution in [0.3, 0.4) is 0 Å². The summed E-state index contributed by atoms with van der Waals surface area (Å²) in [6.07, 6.45) is 4.86. The summed E-state index contributed by atoms with van der Waals surface area (Å²) in [4.78, 5) is 17.6. The predicted molar refractivity (Wildman–Crippen MR) is 148 cm³/mol. The van der Waals surface area contributed by atoms with E-state index < -0.39 is 11.7 Å². The van der Waals surface area contributed by atoms with Crippen LogP contribution in [-0.4, -0.2) is 43.6 Å². The van der Waals surface area contributed by atoms with Crippen molar-refractivity contribution in [1.29, 1.82) is 0 Å². The van der Waals surface area contributed by atoms with E-state index in [-0.39, 0.29) is 6.04 Å². The number of ether oxygens (including phenoxy) is 2. The number of hydrogen-bond donors (Lipinski definition) is 2. The Labute approximate surface area is 226 Å². The van der Waals surface area contributed by atoms with Crippen molar-refractivity contribution in [2.75, 3.05) is 7.11 Å². The fourth-order valence-corrected chi connectivity index (χ4v) is 5.13. The van der Waals surface area contributed by atoms with Gasteiger partial charge in [-0.1, -0.05) is 42.5 Å². The largest absolute Gasteiger partial charge is 0.480 e. The quantitative estimate of drug-likeness (QED) is 0.294. The molecule has 1 atom stereocenters. The average molecular weight is 523 g/mol. The lowest BCUT2D eigenvalue weighted by Crippen LogP contribution is -2.34. The molecule has 1 aliphatic rings. The number of nitrogens with one attached hydrogen (secondary N) is 2. The molecule has 0 saturated heterocycles. The maximum absolute atomic E-state index is 12.4. The lowest BCUT2D eigenvalue weighted by atomic mass is 10.00. The van der Waals surface area contributed by atoms with Gasteiger partial charge in [0.15, 0.2) is 5.65 Å². The summed E-state index contributed by atoms with van der Waals surface area (Å²) >= 11 is 0. The minimum absolute atomic E-state index is 0.0859. The van der Waals surface area contributed by atoms with Gasteiger partial charge in [0.2, 0.25) is 5.88 Å². The molecular formula is C30H30N6O3. The van der Waals surface area contributed by atoms with E-state index in [4.69, 9.17) is 19.6 Å². The first-order chi connectivity index (χ1) is 18.8. The predicted octanol–water partition coefficient (Wildman–Crippen LogP) is 5.97. The Kier molecular flexibility index (Phi) is 6.06. The third-order valence-electron chi connectivity index (χ3n) is 6.81. The maximum atomic E-state index is 12.4. The van der Waals surface area contributed by atoms with Gasteiger partial charge in [-0.05, 0) is 50.8 Å². The Morgan fingerprint density at radius 1 is 1.08 bits per heavy atom. The zero-order chi connectivity index (χ0) is 27.1. The van der Waals surface area contributed by atoms with Crippen LogP contribution in [0.5, 0.6) is 5.88 Å². The van der Waals surface area contributed by atoms with Crippen molar-refractivity contribution in [3.63, 3.8) is 0 Å². The first-order valence-corrected chi connectivity index (χ1v) is 13.0. The number of H-pyrrole nitrogens is 1. The van der Waals surface area contributed by atoms with Crippen molar-refractivity contribution in [3.05, 3.63) is 78.1 Å². The summed E-state index contributed by atoms with van der Waals surface area (Å²) in [5, 5.41) is 14.8. The van der Waals surface area contributed by atoms with Gasteiger partial charge in [0.05, 0.1) is 25.0 Å². The van der Waals surface area contributed by atoms with Crippen molar-refractivity contribution in [2.45, 2.75) is 45.3 Å². The van der Waals surface area contributed by atoms with Crippen LogP contribution in [0.1, 0.15) is 44.4 Å². The van der Waals surface area contributed by atoms with Gasteiger partial charge < -0.3 is 14.8 Å². The third kappa shape index (κ3) is 4.71. The summed E-state index contributed by atoms with van der Waals surface area (Å²) in [6, 6.07) is 18.2. The Hall–Kier alpha value is -4.66. The highest BCUT2D eigenvalue weighted by molar-refractivity contribution is 5.87. The van der Waals surface area contributed by atoms with Crippen molar-refractivity contribution in [2.24, 2.45) is 0 Å². The molecule has 3 heterocycles. The number of amides is 1. The minimum Gasteiger partial charge on any atom is -0.480 e. The molecule has 39 heavy (non-hydrogen) atoms. The van der Waals surface area contributed by atoms with Crippen molar-refractivity contribution in [3.8, 4) is 39.5 Å². The second kappa shape index (κ2) is 9.58. The molecular weight excluding hydrogens is 492 g/mol. The summed E-state index contributed by atoms with van der Waals surface area (Å²) in [5.41, 5.74) is 7.86. The van der Waals surface area contributed by atoms with Gasteiger partial charge in [0.25, 0.3) is 0 Å². The fraction of sp³-hybridized carbons (Fsp3) is 0.267. The molecule has 9 heteroatoms. The van der Waals surface area contributed by atoms with Gasteiger partial charge in [0.1, 0.15) is 11.3 Å². The number of aromatic nitrogens is 5. The van der Waals surface area contributed by atoms with E-state index in [1.165, 1.54) is 5.56 Å². The molecule has 0 saturated carbocycles. The van der Waals surface area contributed by atoms with Gasteiger partial charge >= 0.3 is 6.09 Å². The topological polar surface area (TPSA) is 106 Å². The zero-order valence-corrected chi connectivity index (χ0v) is 22.4. The minimum atomic E-state index is -0.543. The number of carbonyl (C=O) groups excluding carboxylic acids is 1.